The number of anilines is 3. The van der Waals surface area contributed by atoms with Crippen molar-refractivity contribution in [2.45, 2.75) is 0 Å². The van der Waals surface area contributed by atoms with Crippen LogP contribution in [0, 0.1) is 5.82 Å². The molecule has 0 saturated heterocycles. The maximum atomic E-state index is 13.1. The van der Waals surface area contributed by atoms with Crippen LogP contribution in [0.25, 0.3) is 0 Å². The Morgan fingerprint density at radius 1 is 1.12 bits per heavy atom. The number of nitrogens with two attached hydrogens (primary N) is 1. The first-order valence-electron chi connectivity index (χ1n) is 4.83. The third-order valence-corrected chi connectivity index (χ3v) is 3.11. The van der Waals surface area contributed by atoms with Crippen molar-refractivity contribution < 1.29 is 4.39 Å². The van der Waals surface area contributed by atoms with Crippen molar-refractivity contribution in [1.82, 2.24) is 0 Å². The fourth-order valence-electron chi connectivity index (χ4n) is 1.37. The molecule has 2 rings (SSSR count). The van der Waals surface area contributed by atoms with Gasteiger partial charge in [0.1, 0.15) is 5.82 Å². The zero-order valence-electron chi connectivity index (χ0n) is 8.68. The summed E-state index contributed by atoms with van der Waals surface area (Å²) in [6, 6.07) is 9.45. The Balaban J connectivity index is 2.34. The number of hydrogen-bond donors (Lipinski definition) is 2. The summed E-state index contributed by atoms with van der Waals surface area (Å²) in [6.45, 7) is 0. The minimum Gasteiger partial charge on any atom is -0.397 e. The molecule has 0 saturated carbocycles. The Bertz CT molecular complexity index is 560. The SMILES string of the molecule is Nc1ccc(F)cc1Nc1ccc(Cl)cc1Br. The van der Waals surface area contributed by atoms with Gasteiger partial charge in [-0.25, -0.2) is 4.39 Å². The van der Waals surface area contributed by atoms with Gasteiger partial charge in [-0.1, -0.05) is 11.6 Å². The van der Waals surface area contributed by atoms with Gasteiger partial charge in [0.05, 0.1) is 17.1 Å². The summed E-state index contributed by atoms with van der Waals surface area (Å²) in [4.78, 5) is 0. The second-order valence-electron chi connectivity index (χ2n) is 3.48. The fraction of sp³-hybridized carbons (Fsp3) is 0. The van der Waals surface area contributed by atoms with Crippen LogP contribution in [0.4, 0.5) is 21.5 Å². The van der Waals surface area contributed by atoms with Gasteiger partial charge in [0.2, 0.25) is 0 Å². The van der Waals surface area contributed by atoms with Gasteiger partial charge >= 0.3 is 0 Å². The van der Waals surface area contributed by atoms with Crippen LogP contribution in [0.3, 0.4) is 0 Å². The van der Waals surface area contributed by atoms with Gasteiger partial charge in [-0.05, 0) is 52.3 Å². The third-order valence-electron chi connectivity index (χ3n) is 2.22. The van der Waals surface area contributed by atoms with Gasteiger partial charge in [-0.3, -0.25) is 0 Å². The Morgan fingerprint density at radius 2 is 1.88 bits per heavy atom. The molecule has 2 aromatic carbocycles. The highest BCUT2D eigenvalue weighted by Gasteiger charge is 2.05. The summed E-state index contributed by atoms with van der Waals surface area (Å²) in [7, 11) is 0. The van der Waals surface area contributed by atoms with Crippen molar-refractivity contribution in [1.29, 1.82) is 0 Å². The molecule has 0 atom stereocenters. The maximum absolute atomic E-state index is 13.1. The van der Waals surface area contributed by atoms with Crippen LogP contribution in [0.1, 0.15) is 0 Å². The molecule has 3 N–H and O–H groups in total. The van der Waals surface area contributed by atoms with Crippen LogP contribution in [0.5, 0.6) is 0 Å². The average molecular weight is 316 g/mol. The minimum absolute atomic E-state index is 0.341. The lowest BCUT2D eigenvalue weighted by atomic mass is 10.2. The molecule has 0 aliphatic carbocycles. The first kappa shape index (κ1) is 12.2. The van der Waals surface area contributed by atoms with E-state index in [9.17, 15) is 4.39 Å². The van der Waals surface area contributed by atoms with Crippen LogP contribution >= 0.6 is 27.5 Å². The first-order chi connectivity index (χ1) is 8.06. The van der Waals surface area contributed by atoms with E-state index in [0.717, 1.165) is 10.2 Å². The van der Waals surface area contributed by atoms with E-state index in [4.69, 9.17) is 17.3 Å². The lowest BCUT2D eigenvalue weighted by molar-refractivity contribution is 0.628. The van der Waals surface area contributed by atoms with Gasteiger partial charge < -0.3 is 11.1 Å². The highest BCUT2D eigenvalue weighted by molar-refractivity contribution is 9.10. The fourth-order valence-corrected chi connectivity index (χ4v) is 2.15. The molecule has 0 spiro atoms. The number of hydrogen-bond acceptors (Lipinski definition) is 2. The summed E-state index contributed by atoms with van der Waals surface area (Å²) >= 11 is 9.20. The number of benzene rings is 2. The van der Waals surface area contributed by atoms with Crippen molar-refractivity contribution in [3.8, 4) is 0 Å². The van der Waals surface area contributed by atoms with Gasteiger partial charge in [0, 0.05) is 9.50 Å². The normalized spacial score (nSPS) is 10.3. The van der Waals surface area contributed by atoms with Crippen LogP contribution < -0.4 is 11.1 Å². The largest absolute Gasteiger partial charge is 0.397 e. The van der Waals surface area contributed by atoms with E-state index in [1.54, 1.807) is 18.2 Å². The minimum atomic E-state index is -0.341. The van der Waals surface area contributed by atoms with Crippen molar-refractivity contribution in [2.24, 2.45) is 0 Å². The zero-order chi connectivity index (χ0) is 12.4. The molecule has 0 unspecified atom stereocenters. The molecule has 17 heavy (non-hydrogen) atoms. The van der Waals surface area contributed by atoms with E-state index in [0.29, 0.717) is 16.4 Å². The van der Waals surface area contributed by atoms with Crippen LogP contribution in [-0.4, -0.2) is 0 Å². The van der Waals surface area contributed by atoms with Crippen molar-refractivity contribution >= 4 is 44.6 Å². The molecule has 0 bridgehead atoms. The van der Waals surface area contributed by atoms with Gasteiger partial charge in [-0.15, -0.1) is 0 Å². The Hall–Kier alpha value is -1.26. The molecular formula is C12H9BrClFN2. The maximum Gasteiger partial charge on any atom is 0.125 e. The second-order valence-corrected chi connectivity index (χ2v) is 4.77. The molecule has 0 heterocycles. The molecule has 5 heteroatoms. The van der Waals surface area contributed by atoms with Gasteiger partial charge in [0.15, 0.2) is 0 Å². The highest BCUT2D eigenvalue weighted by atomic mass is 79.9. The Kier molecular flexibility index (Phi) is 3.54. The van der Waals surface area contributed by atoms with E-state index in [2.05, 4.69) is 21.2 Å². The molecule has 2 aromatic rings. The number of nitrogens with one attached hydrogen (secondary N) is 1. The predicted molar refractivity (Wildman–Crippen MR) is 73.2 cm³/mol. The van der Waals surface area contributed by atoms with E-state index in [1.807, 2.05) is 0 Å². The molecule has 0 amide bonds. The van der Waals surface area contributed by atoms with Crippen LogP contribution in [0.2, 0.25) is 5.02 Å². The summed E-state index contributed by atoms with van der Waals surface area (Å²) in [5, 5.41) is 3.66. The summed E-state index contributed by atoms with van der Waals surface area (Å²) in [5.41, 5.74) is 7.52. The molecule has 0 aliphatic rings. The molecule has 0 radical (unpaired) electrons. The first-order valence-corrected chi connectivity index (χ1v) is 6.00. The topological polar surface area (TPSA) is 38.0 Å². The summed E-state index contributed by atoms with van der Waals surface area (Å²) in [5.74, 6) is -0.341. The average Bonchev–Trinajstić information content (AvgIpc) is 2.27. The van der Waals surface area contributed by atoms with Crippen molar-refractivity contribution in [3.63, 3.8) is 0 Å². The Labute approximate surface area is 112 Å². The zero-order valence-corrected chi connectivity index (χ0v) is 11.0. The molecule has 0 aliphatic heterocycles. The summed E-state index contributed by atoms with van der Waals surface area (Å²) < 4.78 is 13.9. The standard InChI is InChI=1S/C12H9BrClFN2/c13-9-5-7(14)1-4-11(9)17-12-6-8(15)2-3-10(12)16/h1-6,17H,16H2. The van der Waals surface area contributed by atoms with Crippen molar-refractivity contribution in [3.05, 3.63) is 51.7 Å². The predicted octanol–water partition coefficient (Wildman–Crippen LogP) is 4.57. The summed E-state index contributed by atoms with van der Waals surface area (Å²) in [6.07, 6.45) is 0. The molecule has 0 fully saturated rings. The van der Waals surface area contributed by atoms with E-state index in [-0.39, 0.29) is 5.82 Å². The monoisotopic (exact) mass is 314 g/mol. The van der Waals surface area contributed by atoms with Gasteiger partial charge in [0.25, 0.3) is 0 Å². The van der Waals surface area contributed by atoms with E-state index in [1.165, 1.54) is 18.2 Å². The van der Waals surface area contributed by atoms with Crippen LogP contribution in [0.15, 0.2) is 40.9 Å². The molecular weight excluding hydrogens is 307 g/mol. The highest BCUT2D eigenvalue weighted by Crippen LogP contribution is 2.30. The lowest BCUT2D eigenvalue weighted by Gasteiger charge is -2.11. The quantitative estimate of drug-likeness (QED) is 0.797. The van der Waals surface area contributed by atoms with Gasteiger partial charge in [-0.2, -0.15) is 0 Å². The number of nitrogen functional groups attached to an aromatic ring is 1. The third kappa shape index (κ3) is 2.90. The second kappa shape index (κ2) is 4.94. The van der Waals surface area contributed by atoms with E-state index < -0.39 is 0 Å². The van der Waals surface area contributed by atoms with Crippen LogP contribution in [-0.2, 0) is 0 Å². The molecule has 88 valence electrons. The Morgan fingerprint density at radius 3 is 2.59 bits per heavy atom. The van der Waals surface area contributed by atoms with Crippen molar-refractivity contribution in [2.75, 3.05) is 11.1 Å². The van der Waals surface area contributed by atoms with E-state index >= 15 is 0 Å². The number of halogens is 3. The smallest absolute Gasteiger partial charge is 0.125 e. The number of rotatable bonds is 2. The lowest BCUT2D eigenvalue weighted by Crippen LogP contribution is -1.97. The molecule has 0 aromatic heterocycles. The molecule has 2 nitrogen and oxygen atoms in total.